The summed E-state index contributed by atoms with van der Waals surface area (Å²) < 4.78 is 0. The minimum absolute atomic E-state index is 0.874. The van der Waals surface area contributed by atoms with Gasteiger partial charge in [-0.15, -0.1) is 0 Å². The fourth-order valence-corrected chi connectivity index (χ4v) is 3.54. The van der Waals surface area contributed by atoms with Gasteiger partial charge >= 0.3 is 0 Å². The zero-order chi connectivity index (χ0) is 11.9. The van der Waals surface area contributed by atoms with Crippen LogP contribution >= 0.6 is 0 Å². The molecule has 0 radical (unpaired) electrons. The first-order chi connectivity index (χ1) is 8.42. The Morgan fingerprint density at radius 3 is 2.76 bits per heavy atom. The maximum atomic E-state index is 3.57. The van der Waals surface area contributed by atoms with Crippen molar-refractivity contribution in [3.05, 3.63) is 0 Å². The predicted molar refractivity (Wildman–Crippen MR) is 74.3 cm³/mol. The third-order valence-electron chi connectivity index (χ3n) is 4.59. The van der Waals surface area contributed by atoms with Crippen molar-refractivity contribution < 1.29 is 0 Å². The molecule has 0 saturated carbocycles. The van der Waals surface area contributed by atoms with Crippen molar-refractivity contribution in [3.8, 4) is 0 Å². The number of fused-ring (bicyclic) bond motifs is 1. The van der Waals surface area contributed by atoms with Crippen molar-refractivity contribution in [3.63, 3.8) is 0 Å². The van der Waals surface area contributed by atoms with Crippen molar-refractivity contribution in [2.75, 3.05) is 26.2 Å². The van der Waals surface area contributed by atoms with Crippen molar-refractivity contribution >= 4 is 0 Å². The smallest absolute Gasteiger partial charge is 0.0260 e. The Balaban J connectivity index is 1.58. The molecule has 0 aromatic carbocycles. The summed E-state index contributed by atoms with van der Waals surface area (Å²) in [6, 6.07) is 0.874. The number of likely N-dealkylation sites (tertiary alicyclic amines) is 1. The minimum atomic E-state index is 0.874. The highest BCUT2D eigenvalue weighted by Gasteiger charge is 2.34. The third kappa shape index (κ3) is 3.96. The molecular formula is C15H30N2. The number of hydrogen-bond acceptors (Lipinski definition) is 2. The summed E-state index contributed by atoms with van der Waals surface area (Å²) in [5.41, 5.74) is 0. The summed E-state index contributed by atoms with van der Waals surface area (Å²) in [7, 11) is 0. The van der Waals surface area contributed by atoms with Gasteiger partial charge in [0, 0.05) is 12.6 Å². The maximum Gasteiger partial charge on any atom is 0.0260 e. The van der Waals surface area contributed by atoms with Gasteiger partial charge in [-0.25, -0.2) is 0 Å². The van der Waals surface area contributed by atoms with E-state index in [2.05, 4.69) is 17.1 Å². The van der Waals surface area contributed by atoms with Crippen LogP contribution in [0.1, 0.15) is 58.3 Å². The molecule has 2 aliphatic rings. The lowest BCUT2D eigenvalue weighted by atomic mass is 9.92. The Morgan fingerprint density at radius 2 is 1.88 bits per heavy atom. The summed E-state index contributed by atoms with van der Waals surface area (Å²) in [4.78, 5) is 2.77. The second-order valence-electron chi connectivity index (χ2n) is 5.93. The number of nitrogens with one attached hydrogen (secondary N) is 1. The highest BCUT2D eigenvalue weighted by atomic mass is 15.2. The molecule has 2 aliphatic heterocycles. The van der Waals surface area contributed by atoms with Crippen LogP contribution in [0.5, 0.6) is 0 Å². The zero-order valence-corrected chi connectivity index (χ0v) is 11.6. The van der Waals surface area contributed by atoms with E-state index < -0.39 is 0 Å². The highest BCUT2D eigenvalue weighted by molar-refractivity contribution is 4.91. The SMILES string of the molecule is CCCCCCCCN1CCCC2CNCC21. The van der Waals surface area contributed by atoms with Crippen molar-refractivity contribution in [2.45, 2.75) is 64.3 Å². The van der Waals surface area contributed by atoms with Crippen LogP contribution in [0.4, 0.5) is 0 Å². The summed E-state index contributed by atoms with van der Waals surface area (Å²) >= 11 is 0. The molecule has 1 N–H and O–H groups in total. The molecule has 17 heavy (non-hydrogen) atoms. The largest absolute Gasteiger partial charge is 0.315 e. The van der Waals surface area contributed by atoms with E-state index in [4.69, 9.17) is 0 Å². The van der Waals surface area contributed by atoms with Gasteiger partial charge in [0.1, 0.15) is 0 Å². The summed E-state index contributed by atoms with van der Waals surface area (Å²) in [6.45, 7) is 7.53. The number of rotatable bonds is 7. The van der Waals surface area contributed by atoms with Crippen LogP contribution in [-0.2, 0) is 0 Å². The highest BCUT2D eigenvalue weighted by Crippen LogP contribution is 2.26. The second-order valence-corrected chi connectivity index (χ2v) is 5.93. The topological polar surface area (TPSA) is 15.3 Å². The number of piperidine rings is 1. The molecule has 2 nitrogen and oxygen atoms in total. The van der Waals surface area contributed by atoms with Gasteiger partial charge in [0.15, 0.2) is 0 Å². The molecule has 2 rings (SSSR count). The van der Waals surface area contributed by atoms with E-state index in [0.717, 1.165) is 12.0 Å². The molecule has 0 amide bonds. The molecule has 2 heteroatoms. The quantitative estimate of drug-likeness (QED) is 0.686. The van der Waals surface area contributed by atoms with Crippen LogP contribution in [0.15, 0.2) is 0 Å². The van der Waals surface area contributed by atoms with Crippen LogP contribution in [0.2, 0.25) is 0 Å². The van der Waals surface area contributed by atoms with E-state index >= 15 is 0 Å². The molecule has 2 unspecified atom stereocenters. The molecule has 0 aliphatic carbocycles. The Bertz CT molecular complexity index is 205. The van der Waals surface area contributed by atoms with Crippen LogP contribution in [-0.4, -0.2) is 37.1 Å². The average molecular weight is 238 g/mol. The molecule has 2 saturated heterocycles. The number of unbranched alkanes of at least 4 members (excludes halogenated alkanes) is 5. The molecule has 0 aromatic heterocycles. The number of nitrogens with zero attached hydrogens (tertiary/aromatic N) is 1. The van der Waals surface area contributed by atoms with Gasteiger partial charge in [0.25, 0.3) is 0 Å². The summed E-state index contributed by atoms with van der Waals surface area (Å²) in [6.07, 6.45) is 11.5. The molecule has 0 spiro atoms. The van der Waals surface area contributed by atoms with Crippen molar-refractivity contribution in [2.24, 2.45) is 5.92 Å². The van der Waals surface area contributed by atoms with Gasteiger partial charge in [-0.2, -0.15) is 0 Å². The van der Waals surface area contributed by atoms with Crippen LogP contribution < -0.4 is 5.32 Å². The van der Waals surface area contributed by atoms with Crippen molar-refractivity contribution in [1.29, 1.82) is 0 Å². The zero-order valence-electron chi connectivity index (χ0n) is 11.6. The summed E-state index contributed by atoms with van der Waals surface area (Å²) in [5, 5.41) is 3.57. The number of hydrogen-bond donors (Lipinski definition) is 1. The molecule has 0 bridgehead atoms. The van der Waals surface area contributed by atoms with Gasteiger partial charge in [0.2, 0.25) is 0 Å². The second kappa shape index (κ2) is 7.38. The van der Waals surface area contributed by atoms with Crippen molar-refractivity contribution in [1.82, 2.24) is 10.2 Å². The summed E-state index contributed by atoms with van der Waals surface area (Å²) in [5.74, 6) is 0.962. The molecule has 100 valence electrons. The third-order valence-corrected chi connectivity index (χ3v) is 4.59. The Kier molecular flexibility index (Phi) is 5.79. The lowest BCUT2D eigenvalue weighted by molar-refractivity contribution is 0.122. The molecule has 2 atom stereocenters. The van der Waals surface area contributed by atoms with Gasteiger partial charge in [0.05, 0.1) is 0 Å². The molecule has 0 aromatic rings. The van der Waals surface area contributed by atoms with Gasteiger partial charge in [-0.3, -0.25) is 4.90 Å². The van der Waals surface area contributed by atoms with Crippen LogP contribution in [0.25, 0.3) is 0 Å². The van der Waals surface area contributed by atoms with E-state index in [1.165, 1.54) is 77.5 Å². The Hall–Kier alpha value is -0.0800. The first-order valence-electron chi connectivity index (χ1n) is 7.86. The molecule has 2 fully saturated rings. The fourth-order valence-electron chi connectivity index (χ4n) is 3.54. The maximum absolute atomic E-state index is 3.57. The Morgan fingerprint density at radius 1 is 1.06 bits per heavy atom. The van der Waals surface area contributed by atoms with E-state index in [9.17, 15) is 0 Å². The van der Waals surface area contributed by atoms with Gasteiger partial charge in [-0.1, -0.05) is 39.0 Å². The van der Waals surface area contributed by atoms with Crippen LogP contribution in [0.3, 0.4) is 0 Å². The van der Waals surface area contributed by atoms with Crippen LogP contribution in [0, 0.1) is 5.92 Å². The van der Waals surface area contributed by atoms with E-state index in [1.54, 1.807) is 0 Å². The predicted octanol–water partition coefficient (Wildman–Crippen LogP) is 3.03. The minimum Gasteiger partial charge on any atom is -0.315 e. The average Bonchev–Trinajstić information content (AvgIpc) is 2.82. The fraction of sp³-hybridized carbons (Fsp3) is 1.00. The van der Waals surface area contributed by atoms with E-state index in [0.29, 0.717) is 0 Å². The van der Waals surface area contributed by atoms with E-state index in [1.807, 2.05) is 0 Å². The normalized spacial score (nSPS) is 29.5. The standard InChI is InChI=1S/C15H30N2/c1-2-3-4-5-6-7-10-17-11-8-9-14-12-16-13-15(14)17/h14-16H,2-13H2,1H3. The Labute approximate surface area is 107 Å². The monoisotopic (exact) mass is 238 g/mol. The molecular weight excluding hydrogens is 208 g/mol. The lowest BCUT2D eigenvalue weighted by Gasteiger charge is -2.37. The van der Waals surface area contributed by atoms with Gasteiger partial charge < -0.3 is 5.32 Å². The first-order valence-corrected chi connectivity index (χ1v) is 7.86. The first kappa shape index (κ1) is 13.4. The van der Waals surface area contributed by atoms with Gasteiger partial charge in [-0.05, 0) is 44.8 Å². The van der Waals surface area contributed by atoms with E-state index in [-0.39, 0.29) is 0 Å². The lowest BCUT2D eigenvalue weighted by Crippen LogP contribution is -2.45. The molecule has 2 heterocycles.